The highest BCUT2D eigenvalue weighted by atomic mass is 32.1. The van der Waals surface area contributed by atoms with Crippen molar-refractivity contribution in [2.75, 3.05) is 46.4 Å². The lowest BCUT2D eigenvalue weighted by Crippen LogP contribution is -2.53. The SMILES string of the molecule is CC(C)c1nc(CN(C)C(=O)NC(CCN2CCOCC2)C(=O)N[C@H](CCCNC(=O)OCc2cncs2)Cc2ccccc2)cs1. The number of ether oxygens (including phenoxy) is 2. The summed E-state index contributed by atoms with van der Waals surface area (Å²) in [4.78, 5) is 52.7. The maximum Gasteiger partial charge on any atom is 0.407 e. The van der Waals surface area contributed by atoms with E-state index >= 15 is 0 Å². The number of carbonyl (C=O) groups is 3. The van der Waals surface area contributed by atoms with Gasteiger partial charge in [0, 0.05) is 56.8 Å². The summed E-state index contributed by atoms with van der Waals surface area (Å²) in [6, 6.07) is 8.71. The van der Waals surface area contributed by atoms with Gasteiger partial charge in [-0.1, -0.05) is 44.2 Å². The molecule has 14 heteroatoms. The van der Waals surface area contributed by atoms with Crippen LogP contribution in [0.15, 0.2) is 47.4 Å². The van der Waals surface area contributed by atoms with Crippen LogP contribution in [-0.4, -0.2) is 96.3 Å². The molecule has 2 atom stereocenters. The molecule has 4 rings (SSSR count). The Balaban J connectivity index is 1.35. The lowest BCUT2D eigenvalue weighted by atomic mass is 10.0. The van der Waals surface area contributed by atoms with Crippen LogP contribution in [-0.2, 0) is 33.8 Å². The van der Waals surface area contributed by atoms with Gasteiger partial charge in [0.05, 0.1) is 40.8 Å². The van der Waals surface area contributed by atoms with E-state index in [2.05, 4.69) is 44.7 Å². The predicted molar refractivity (Wildman–Crippen MR) is 183 cm³/mol. The summed E-state index contributed by atoms with van der Waals surface area (Å²) >= 11 is 3.02. The second-order valence-electron chi connectivity index (χ2n) is 11.9. The Morgan fingerprint density at radius 2 is 1.87 bits per heavy atom. The number of hydrogen-bond donors (Lipinski definition) is 3. The lowest BCUT2D eigenvalue weighted by molar-refractivity contribution is -0.124. The van der Waals surface area contributed by atoms with Crippen LogP contribution in [0.25, 0.3) is 0 Å². The standard InChI is InChI=1S/C33H47N7O5S2/c1-24(2)31-37-27(22-46-31)20-39(3)32(42)38-29(11-13-40-14-16-44-17-15-40)30(41)36-26(18-25-8-5-4-6-9-25)10-7-12-35-33(43)45-21-28-19-34-23-47-28/h4-6,8-9,19,22-24,26,29H,7,10-18,20-21H2,1-3H3,(H,35,43)(H,36,41)(H,38,42)/t26-,29?/m1/s1. The number of aromatic nitrogens is 2. The van der Waals surface area contributed by atoms with Crippen molar-refractivity contribution in [3.05, 3.63) is 68.6 Å². The van der Waals surface area contributed by atoms with E-state index in [9.17, 15) is 14.4 Å². The Kier molecular flexibility index (Phi) is 14.9. The van der Waals surface area contributed by atoms with Crippen molar-refractivity contribution in [3.63, 3.8) is 0 Å². The molecule has 0 saturated carbocycles. The third-order valence-electron chi connectivity index (χ3n) is 7.76. The maximum absolute atomic E-state index is 13.9. The Bertz CT molecular complexity index is 1370. The topological polar surface area (TPSA) is 138 Å². The maximum atomic E-state index is 13.9. The molecule has 1 aromatic carbocycles. The summed E-state index contributed by atoms with van der Waals surface area (Å²) in [5.41, 5.74) is 3.61. The summed E-state index contributed by atoms with van der Waals surface area (Å²) < 4.78 is 10.7. The third kappa shape index (κ3) is 12.9. The second kappa shape index (κ2) is 19.3. The van der Waals surface area contributed by atoms with Crippen LogP contribution >= 0.6 is 22.7 Å². The van der Waals surface area contributed by atoms with Gasteiger partial charge in [0.1, 0.15) is 12.6 Å². The molecule has 1 aliphatic heterocycles. The van der Waals surface area contributed by atoms with E-state index < -0.39 is 12.1 Å². The van der Waals surface area contributed by atoms with E-state index in [1.54, 1.807) is 35.0 Å². The van der Waals surface area contributed by atoms with Gasteiger partial charge in [0.15, 0.2) is 0 Å². The van der Waals surface area contributed by atoms with Crippen molar-refractivity contribution in [1.29, 1.82) is 0 Å². The molecule has 1 aliphatic rings. The second-order valence-corrected chi connectivity index (χ2v) is 13.8. The van der Waals surface area contributed by atoms with Crippen molar-refractivity contribution in [2.24, 2.45) is 0 Å². The summed E-state index contributed by atoms with van der Waals surface area (Å²) in [6.45, 7) is 8.68. The van der Waals surface area contributed by atoms with Gasteiger partial charge in [-0.25, -0.2) is 14.6 Å². The highest BCUT2D eigenvalue weighted by Crippen LogP contribution is 2.20. The first-order valence-electron chi connectivity index (χ1n) is 16.1. The van der Waals surface area contributed by atoms with Crippen LogP contribution in [0.3, 0.4) is 0 Å². The van der Waals surface area contributed by atoms with Crippen LogP contribution in [0.5, 0.6) is 0 Å². The number of nitrogens with zero attached hydrogens (tertiary/aromatic N) is 4. The van der Waals surface area contributed by atoms with Crippen LogP contribution in [0.2, 0.25) is 0 Å². The van der Waals surface area contributed by atoms with Crippen molar-refractivity contribution < 1.29 is 23.9 Å². The molecular formula is C33H47N7O5S2. The zero-order valence-corrected chi connectivity index (χ0v) is 29.1. The number of alkyl carbamates (subject to hydrolysis) is 1. The molecule has 0 radical (unpaired) electrons. The van der Waals surface area contributed by atoms with E-state index in [0.717, 1.165) is 34.2 Å². The minimum atomic E-state index is -0.729. The number of benzene rings is 1. The minimum Gasteiger partial charge on any atom is -0.444 e. The highest BCUT2D eigenvalue weighted by molar-refractivity contribution is 7.09. The van der Waals surface area contributed by atoms with Gasteiger partial charge in [0.2, 0.25) is 5.91 Å². The number of urea groups is 1. The van der Waals surface area contributed by atoms with E-state index in [1.807, 2.05) is 35.7 Å². The molecule has 4 amide bonds. The van der Waals surface area contributed by atoms with Crippen molar-refractivity contribution >= 4 is 40.7 Å². The summed E-state index contributed by atoms with van der Waals surface area (Å²) in [5.74, 6) is 0.0948. The molecule has 3 aromatic rings. The van der Waals surface area contributed by atoms with E-state index in [1.165, 1.54) is 11.3 Å². The monoisotopic (exact) mass is 685 g/mol. The lowest BCUT2D eigenvalue weighted by Gasteiger charge is -2.30. The normalized spacial score (nSPS) is 14.7. The van der Waals surface area contributed by atoms with Gasteiger partial charge in [0.25, 0.3) is 0 Å². The molecule has 3 heterocycles. The van der Waals surface area contributed by atoms with Crippen LogP contribution in [0.4, 0.5) is 9.59 Å². The average Bonchev–Trinajstić information content (AvgIpc) is 3.77. The molecule has 47 heavy (non-hydrogen) atoms. The number of thiazole rings is 2. The summed E-state index contributed by atoms with van der Waals surface area (Å²) in [5, 5.41) is 12.0. The Morgan fingerprint density at radius 3 is 2.57 bits per heavy atom. The smallest absolute Gasteiger partial charge is 0.407 e. The molecule has 2 aromatic heterocycles. The summed E-state index contributed by atoms with van der Waals surface area (Å²) in [7, 11) is 1.72. The molecule has 1 fully saturated rings. The van der Waals surface area contributed by atoms with Crippen LogP contribution in [0, 0.1) is 0 Å². The molecule has 0 bridgehead atoms. The Morgan fingerprint density at radius 1 is 1.09 bits per heavy atom. The molecular weight excluding hydrogens is 639 g/mol. The average molecular weight is 686 g/mol. The van der Waals surface area contributed by atoms with Crippen molar-refractivity contribution in [2.45, 2.75) is 70.7 Å². The van der Waals surface area contributed by atoms with Gasteiger partial charge >= 0.3 is 12.1 Å². The largest absolute Gasteiger partial charge is 0.444 e. The zero-order chi connectivity index (χ0) is 33.4. The first-order chi connectivity index (χ1) is 22.8. The van der Waals surface area contributed by atoms with E-state index in [-0.39, 0.29) is 24.6 Å². The van der Waals surface area contributed by atoms with Crippen LogP contribution in [0.1, 0.15) is 60.2 Å². The third-order valence-corrected chi connectivity index (χ3v) is 9.71. The Hall–Kier alpha value is -3.59. The quantitative estimate of drug-likeness (QED) is 0.178. The van der Waals surface area contributed by atoms with Crippen molar-refractivity contribution in [3.8, 4) is 0 Å². The van der Waals surface area contributed by atoms with Crippen molar-refractivity contribution in [1.82, 2.24) is 35.7 Å². The summed E-state index contributed by atoms with van der Waals surface area (Å²) in [6.07, 6.45) is 3.52. The predicted octanol–water partition coefficient (Wildman–Crippen LogP) is 4.39. The minimum absolute atomic E-state index is 0.179. The fraction of sp³-hybridized carbons (Fsp3) is 0.545. The van der Waals surface area contributed by atoms with E-state index in [4.69, 9.17) is 9.47 Å². The number of nitrogens with one attached hydrogen (secondary N) is 3. The van der Waals surface area contributed by atoms with Gasteiger partial charge < -0.3 is 30.3 Å². The number of hydrogen-bond acceptors (Lipinski definition) is 10. The van der Waals surface area contributed by atoms with Gasteiger partial charge in [-0.3, -0.25) is 14.7 Å². The molecule has 0 spiro atoms. The van der Waals surface area contributed by atoms with Crippen LogP contribution < -0.4 is 16.0 Å². The molecule has 12 nitrogen and oxygen atoms in total. The highest BCUT2D eigenvalue weighted by Gasteiger charge is 2.26. The zero-order valence-electron chi connectivity index (χ0n) is 27.5. The molecule has 1 saturated heterocycles. The van der Waals surface area contributed by atoms with Gasteiger partial charge in [-0.15, -0.1) is 22.7 Å². The number of amides is 4. The number of morpholine rings is 1. The fourth-order valence-electron chi connectivity index (χ4n) is 5.11. The molecule has 0 aliphatic carbocycles. The Labute approximate surface area is 285 Å². The molecule has 3 N–H and O–H groups in total. The number of rotatable bonds is 17. The fourth-order valence-corrected chi connectivity index (χ4v) is 6.44. The van der Waals surface area contributed by atoms with Gasteiger partial charge in [-0.2, -0.15) is 0 Å². The number of carbonyl (C=O) groups excluding carboxylic acids is 3. The first-order valence-corrected chi connectivity index (χ1v) is 17.9. The van der Waals surface area contributed by atoms with Gasteiger partial charge in [-0.05, 0) is 31.2 Å². The first kappa shape index (κ1) is 36.2. The molecule has 1 unspecified atom stereocenters. The molecule has 256 valence electrons. The van der Waals surface area contributed by atoms with E-state index in [0.29, 0.717) is 64.4 Å².